The highest BCUT2D eigenvalue weighted by atomic mass is 16.5. The number of ketones is 1. The molecule has 0 aromatic heterocycles. The molecule has 2 atom stereocenters. The molecule has 0 aliphatic carbocycles. The third-order valence-electron chi connectivity index (χ3n) is 5.80. The lowest BCUT2D eigenvalue weighted by molar-refractivity contribution is -0.148. The first-order valence-electron chi connectivity index (χ1n) is 13.0. The Morgan fingerprint density at radius 2 is 1.18 bits per heavy atom. The molecule has 0 spiro atoms. The zero-order chi connectivity index (χ0) is 27.6. The van der Waals surface area contributed by atoms with E-state index < -0.39 is 17.9 Å². The molecule has 8 heteroatoms. The number of allylic oxidation sites excluding steroid dienone is 1. The number of carbonyl (C=O) groups is 4. The SMILES string of the molecule is CNC(Cc1ccccc1)C(=O)OCCCCCCOC(=O)C(Cc1ccccc1)NC(=O)/C=C/C(C)=O. The van der Waals surface area contributed by atoms with E-state index in [1.165, 1.54) is 6.92 Å². The molecule has 8 nitrogen and oxygen atoms in total. The maximum absolute atomic E-state index is 12.7. The monoisotopic (exact) mass is 522 g/mol. The Morgan fingerprint density at radius 3 is 1.66 bits per heavy atom. The number of amides is 1. The molecule has 0 fully saturated rings. The summed E-state index contributed by atoms with van der Waals surface area (Å²) in [6, 6.07) is 17.8. The summed E-state index contributed by atoms with van der Waals surface area (Å²) in [5.41, 5.74) is 1.94. The zero-order valence-corrected chi connectivity index (χ0v) is 22.2. The van der Waals surface area contributed by atoms with Crippen molar-refractivity contribution in [3.63, 3.8) is 0 Å². The summed E-state index contributed by atoms with van der Waals surface area (Å²) in [5, 5.41) is 5.63. The van der Waals surface area contributed by atoms with Crippen LogP contribution in [0.4, 0.5) is 0 Å². The predicted molar refractivity (Wildman–Crippen MR) is 145 cm³/mol. The van der Waals surface area contributed by atoms with Crippen LogP contribution >= 0.6 is 0 Å². The van der Waals surface area contributed by atoms with Crippen molar-refractivity contribution in [3.05, 3.63) is 83.9 Å². The molecule has 2 aromatic rings. The van der Waals surface area contributed by atoms with Gasteiger partial charge >= 0.3 is 11.9 Å². The second-order valence-corrected chi connectivity index (χ2v) is 8.98. The van der Waals surface area contributed by atoms with Crippen molar-refractivity contribution >= 4 is 23.6 Å². The molecule has 1 amide bonds. The number of unbranched alkanes of at least 4 members (excludes halogenated alkanes) is 3. The first kappa shape index (κ1) is 30.4. The molecular weight excluding hydrogens is 484 g/mol. The Hall–Kier alpha value is -3.78. The number of rotatable bonds is 17. The molecule has 0 heterocycles. The van der Waals surface area contributed by atoms with Crippen LogP contribution in [0.15, 0.2) is 72.8 Å². The molecule has 0 aliphatic rings. The summed E-state index contributed by atoms with van der Waals surface area (Å²) in [6.07, 6.45) is 6.12. The van der Waals surface area contributed by atoms with Crippen LogP contribution in [-0.2, 0) is 41.5 Å². The average molecular weight is 523 g/mol. The van der Waals surface area contributed by atoms with Crippen LogP contribution in [0.2, 0.25) is 0 Å². The molecule has 2 unspecified atom stereocenters. The molecular formula is C30H38N2O6. The van der Waals surface area contributed by atoms with E-state index >= 15 is 0 Å². The van der Waals surface area contributed by atoms with Gasteiger partial charge in [-0.15, -0.1) is 0 Å². The number of benzene rings is 2. The smallest absolute Gasteiger partial charge is 0.328 e. The van der Waals surface area contributed by atoms with Crippen LogP contribution in [0.25, 0.3) is 0 Å². The Bertz CT molecular complexity index is 1040. The molecule has 0 saturated carbocycles. The van der Waals surface area contributed by atoms with E-state index in [0.717, 1.165) is 42.5 Å². The van der Waals surface area contributed by atoms with Crippen LogP contribution in [0.5, 0.6) is 0 Å². The summed E-state index contributed by atoms with van der Waals surface area (Å²) >= 11 is 0. The third kappa shape index (κ3) is 12.5. The highest BCUT2D eigenvalue weighted by Gasteiger charge is 2.22. The Labute approximate surface area is 224 Å². The number of hydrogen-bond acceptors (Lipinski definition) is 7. The van der Waals surface area contributed by atoms with Crippen LogP contribution in [0.3, 0.4) is 0 Å². The predicted octanol–water partition coefficient (Wildman–Crippen LogP) is 3.34. The normalized spacial score (nSPS) is 12.5. The third-order valence-corrected chi connectivity index (χ3v) is 5.80. The number of hydrogen-bond donors (Lipinski definition) is 2. The lowest BCUT2D eigenvalue weighted by atomic mass is 10.1. The van der Waals surface area contributed by atoms with Crippen LogP contribution < -0.4 is 10.6 Å². The standard InChI is InChI=1S/C30H38N2O6/c1-23(33)17-18-28(34)32-27(22-25-15-9-6-10-16-25)30(36)38-20-12-4-3-11-19-37-29(35)26(31-2)21-24-13-7-5-8-14-24/h5-10,13-18,26-27,31H,3-4,11-12,19-22H2,1-2H3,(H,32,34)/b18-17+. The van der Waals surface area contributed by atoms with Crippen LogP contribution in [0, 0.1) is 0 Å². The molecule has 0 radical (unpaired) electrons. The lowest BCUT2D eigenvalue weighted by Gasteiger charge is -2.17. The van der Waals surface area contributed by atoms with Gasteiger partial charge in [-0.25, -0.2) is 4.79 Å². The zero-order valence-electron chi connectivity index (χ0n) is 22.2. The summed E-state index contributed by atoms with van der Waals surface area (Å²) in [7, 11) is 1.74. The highest BCUT2D eigenvalue weighted by Crippen LogP contribution is 2.08. The molecule has 2 aromatic carbocycles. The number of ether oxygens (including phenoxy) is 2. The summed E-state index contributed by atoms with van der Waals surface area (Å²) < 4.78 is 10.8. The minimum atomic E-state index is -0.864. The van der Waals surface area contributed by atoms with E-state index in [2.05, 4.69) is 10.6 Å². The van der Waals surface area contributed by atoms with Crippen molar-refractivity contribution in [2.45, 2.75) is 57.5 Å². The van der Waals surface area contributed by atoms with E-state index in [4.69, 9.17) is 9.47 Å². The largest absolute Gasteiger partial charge is 0.465 e. The van der Waals surface area contributed by atoms with Crippen molar-refractivity contribution in [2.75, 3.05) is 20.3 Å². The number of nitrogens with one attached hydrogen (secondary N) is 2. The lowest BCUT2D eigenvalue weighted by Crippen LogP contribution is -2.42. The molecule has 204 valence electrons. The quantitative estimate of drug-likeness (QED) is 0.186. The Kier molecular flexibility index (Phi) is 14.1. The van der Waals surface area contributed by atoms with E-state index in [0.29, 0.717) is 19.4 Å². The first-order valence-corrected chi connectivity index (χ1v) is 13.0. The fourth-order valence-corrected chi connectivity index (χ4v) is 3.71. The molecule has 0 aliphatic heterocycles. The summed E-state index contributed by atoms with van der Waals surface area (Å²) in [4.78, 5) is 48.2. The molecule has 0 saturated heterocycles. The number of esters is 2. The maximum Gasteiger partial charge on any atom is 0.328 e. The van der Waals surface area contributed by atoms with Gasteiger partial charge in [-0.1, -0.05) is 60.7 Å². The topological polar surface area (TPSA) is 111 Å². The van der Waals surface area contributed by atoms with Crippen molar-refractivity contribution in [1.82, 2.24) is 10.6 Å². The van der Waals surface area contributed by atoms with Crippen molar-refractivity contribution in [2.24, 2.45) is 0 Å². The van der Waals surface area contributed by atoms with E-state index in [9.17, 15) is 19.2 Å². The van der Waals surface area contributed by atoms with Gasteiger partial charge in [-0.3, -0.25) is 14.4 Å². The molecule has 38 heavy (non-hydrogen) atoms. The van der Waals surface area contributed by atoms with Gasteiger partial charge in [0.15, 0.2) is 5.78 Å². The van der Waals surface area contributed by atoms with Crippen LogP contribution in [0.1, 0.15) is 43.7 Å². The Morgan fingerprint density at radius 1 is 0.711 bits per heavy atom. The fourth-order valence-electron chi connectivity index (χ4n) is 3.71. The maximum atomic E-state index is 12.7. The fraction of sp³-hybridized carbons (Fsp3) is 0.400. The summed E-state index contributed by atoms with van der Waals surface area (Å²) in [6.45, 7) is 1.90. The molecule has 2 N–H and O–H groups in total. The van der Waals surface area contributed by atoms with Gasteiger partial charge in [0.25, 0.3) is 0 Å². The minimum absolute atomic E-state index is 0.224. The van der Waals surface area contributed by atoms with E-state index in [-0.39, 0.29) is 30.8 Å². The second-order valence-electron chi connectivity index (χ2n) is 8.98. The van der Waals surface area contributed by atoms with Crippen LogP contribution in [-0.4, -0.2) is 56.0 Å². The van der Waals surface area contributed by atoms with Gasteiger partial charge < -0.3 is 20.1 Å². The van der Waals surface area contributed by atoms with Gasteiger partial charge in [0.2, 0.25) is 5.91 Å². The van der Waals surface area contributed by atoms with Gasteiger partial charge in [0.1, 0.15) is 12.1 Å². The molecule has 2 rings (SSSR count). The second kappa shape index (κ2) is 17.6. The van der Waals surface area contributed by atoms with E-state index in [1.807, 2.05) is 60.7 Å². The van der Waals surface area contributed by atoms with Crippen molar-refractivity contribution in [1.29, 1.82) is 0 Å². The average Bonchev–Trinajstić information content (AvgIpc) is 2.92. The molecule has 0 bridgehead atoms. The minimum Gasteiger partial charge on any atom is -0.465 e. The van der Waals surface area contributed by atoms with E-state index in [1.54, 1.807) is 7.05 Å². The van der Waals surface area contributed by atoms with Crippen molar-refractivity contribution < 1.29 is 28.7 Å². The first-order chi connectivity index (χ1) is 18.4. The van der Waals surface area contributed by atoms with Gasteiger partial charge in [0, 0.05) is 12.5 Å². The Balaban J connectivity index is 1.67. The summed E-state index contributed by atoms with van der Waals surface area (Å²) in [5.74, 6) is -1.58. The van der Waals surface area contributed by atoms with Crippen molar-refractivity contribution in [3.8, 4) is 0 Å². The van der Waals surface area contributed by atoms with Gasteiger partial charge in [-0.2, -0.15) is 0 Å². The van der Waals surface area contributed by atoms with Gasteiger partial charge in [0.05, 0.1) is 13.2 Å². The van der Waals surface area contributed by atoms with Gasteiger partial charge in [-0.05, 0) is 63.3 Å². The number of likely N-dealkylation sites (N-methyl/N-ethyl adjacent to an activating group) is 1. The number of carbonyl (C=O) groups excluding carboxylic acids is 4. The highest BCUT2D eigenvalue weighted by molar-refractivity contribution is 5.98.